The number of aliphatic carboxylic acids is 1. The number of carbonyl (C=O) groups excluding carboxylic acids is 1. The van der Waals surface area contributed by atoms with Crippen molar-refractivity contribution in [2.75, 3.05) is 13.6 Å². The van der Waals surface area contributed by atoms with Crippen LogP contribution in [0.4, 0.5) is 31.1 Å². The maximum atomic E-state index is 12.5. The Balaban J connectivity index is 5.00. The zero-order valence-corrected chi connectivity index (χ0v) is 9.69. The number of nitrogens with zero attached hydrogens (tertiary/aromatic N) is 1. The Bertz CT molecular complexity index is 366. The van der Waals surface area contributed by atoms with Crippen LogP contribution in [0.3, 0.4) is 0 Å². The predicted molar refractivity (Wildman–Crippen MR) is 49.3 cm³/mol. The van der Waals surface area contributed by atoms with Crippen molar-refractivity contribution in [1.82, 2.24) is 10.2 Å². The number of carboxylic acids is 1. The second kappa shape index (κ2) is 5.13. The first-order valence-corrected chi connectivity index (χ1v) is 4.61. The molecule has 1 unspecified atom stereocenters. The van der Waals surface area contributed by atoms with Crippen molar-refractivity contribution < 1.29 is 41.0 Å². The minimum atomic E-state index is -5.37. The van der Waals surface area contributed by atoms with Gasteiger partial charge in [0, 0.05) is 7.05 Å². The highest BCUT2D eigenvalue weighted by atomic mass is 19.4. The Morgan fingerprint density at radius 2 is 1.58 bits per heavy atom. The Morgan fingerprint density at radius 3 is 1.84 bits per heavy atom. The third-order valence-corrected chi connectivity index (χ3v) is 2.11. The highest BCUT2D eigenvalue weighted by Crippen LogP contribution is 2.30. The van der Waals surface area contributed by atoms with Gasteiger partial charge in [-0.25, -0.2) is 9.59 Å². The van der Waals surface area contributed by atoms with E-state index in [1.165, 1.54) is 0 Å². The minimum Gasteiger partial charge on any atom is -0.479 e. The summed E-state index contributed by atoms with van der Waals surface area (Å²) < 4.78 is 73.2. The molecule has 0 aromatic heterocycles. The fraction of sp³-hybridized carbons (Fsp3) is 0.750. The van der Waals surface area contributed by atoms with Gasteiger partial charge in [0.2, 0.25) is 5.54 Å². The molecule has 2 N–H and O–H groups in total. The Morgan fingerprint density at radius 1 is 1.16 bits per heavy atom. The van der Waals surface area contributed by atoms with Crippen LogP contribution < -0.4 is 5.32 Å². The summed E-state index contributed by atoms with van der Waals surface area (Å²) in [5, 5.41) is 9.47. The van der Waals surface area contributed by atoms with Crippen LogP contribution in [-0.4, -0.2) is 53.5 Å². The molecule has 0 rings (SSSR count). The van der Waals surface area contributed by atoms with Gasteiger partial charge in [-0.2, -0.15) is 26.3 Å². The SMILES string of the molecule is CN(CC(F)(F)F)C(=O)NC(C)(C(=O)O)C(F)(F)F. The second-order valence-electron chi connectivity index (χ2n) is 3.83. The average molecular weight is 296 g/mol. The number of carbonyl (C=O) groups is 2. The van der Waals surface area contributed by atoms with E-state index < -0.39 is 36.4 Å². The summed E-state index contributed by atoms with van der Waals surface area (Å²) >= 11 is 0. The van der Waals surface area contributed by atoms with E-state index in [4.69, 9.17) is 5.11 Å². The molecule has 0 aromatic carbocycles. The summed E-state index contributed by atoms with van der Waals surface area (Å²) in [4.78, 5) is 21.6. The van der Waals surface area contributed by atoms with Gasteiger partial charge in [-0.3, -0.25) is 0 Å². The highest BCUT2D eigenvalue weighted by molar-refractivity contribution is 5.86. The van der Waals surface area contributed by atoms with Crippen LogP contribution in [0.15, 0.2) is 0 Å². The Labute approximate surface area is 103 Å². The van der Waals surface area contributed by atoms with Crippen LogP contribution in [0.5, 0.6) is 0 Å². The maximum Gasteiger partial charge on any atom is 0.422 e. The molecule has 0 aromatic rings. The first-order chi connectivity index (χ1) is 8.21. The van der Waals surface area contributed by atoms with E-state index in [0.717, 1.165) is 5.32 Å². The van der Waals surface area contributed by atoms with E-state index in [2.05, 4.69) is 0 Å². The van der Waals surface area contributed by atoms with Crippen LogP contribution in [0.25, 0.3) is 0 Å². The average Bonchev–Trinajstić information content (AvgIpc) is 2.12. The van der Waals surface area contributed by atoms with Crippen molar-refractivity contribution in [2.45, 2.75) is 24.8 Å². The number of carboxylic acid groups (broad SMARTS) is 1. The van der Waals surface area contributed by atoms with E-state index in [9.17, 15) is 35.9 Å². The molecule has 0 bridgehead atoms. The summed E-state index contributed by atoms with van der Waals surface area (Å²) in [5.74, 6) is -2.44. The van der Waals surface area contributed by atoms with Crippen LogP contribution in [-0.2, 0) is 4.79 Å². The number of hydrogen-bond acceptors (Lipinski definition) is 2. The lowest BCUT2D eigenvalue weighted by Gasteiger charge is -2.30. The molecule has 0 fully saturated rings. The second-order valence-corrected chi connectivity index (χ2v) is 3.83. The molecule has 0 saturated heterocycles. The number of amides is 2. The van der Waals surface area contributed by atoms with E-state index in [1.54, 1.807) is 0 Å². The molecule has 0 spiro atoms. The molecule has 0 aliphatic heterocycles. The van der Waals surface area contributed by atoms with Gasteiger partial charge >= 0.3 is 24.4 Å². The molecule has 0 aliphatic rings. The molecular weight excluding hydrogens is 286 g/mol. The van der Waals surface area contributed by atoms with Crippen molar-refractivity contribution in [1.29, 1.82) is 0 Å². The quantitative estimate of drug-likeness (QED) is 0.777. The molecule has 112 valence electrons. The lowest BCUT2D eigenvalue weighted by molar-refractivity contribution is -0.203. The van der Waals surface area contributed by atoms with Crippen molar-refractivity contribution >= 4 is 12.0 Å². The maximum absolute atomic E-state index is 12.5. The van der Waals surface area contributed by atoms with Gasteiger partial charge in [-0.1, -0.05) is 0 Å². The van der Waals surface area contributed by atoms with Crippen LogP contribution >= 0.6 is 0 Å². The smallest absolute Gasteiger partial charge is 0.422 e. The zero-order valence-electron chi connectivity index (χ0n) is 9.69. The third-order valence-electron chi connectivity index (χ3n) is 2.11. The van der Waals surface area contributed by atoms with Gasteiger partial charge in [0.15, 0.2) is 0 Å². The molecule has 0 heterocycles. The van der Waals surface area contributed by atoms with Gasteiger partial charge in [-0.05, 0) is 6.92 Å². The van der Waals surface area contributed by atoms with E-state index in [0.29, 0.717) is 7.05 Å². The van der Waals surface area contributed by atoms with Crippen molar-refractivity contribution in [3.05, 3.63) is 0 Å². The fourth-order valence-electron chi connectivity index (χ4n) is 0.896. The lowest BCUT2D eigenvalue weighted by Crippen LogP contribution is -2.64. The first-order valence-electron chi connectivity index (χ1n) is 4.61. The lowest BCUT2D eigenvalue weighted by atomic mass is 10.0. The fourth-order valence-corrected chi connectivity index (χ4v) is 0.896. The van der Waals surface area contributed by atoms with Crippen LogP contribution in [0.2, 0.25) is 0 Å². The Hall–Kier alpha value is -1.68. The van der Waals surface area contributed by atoms with Crippen LogP contribution in [0, 0.1) is 0 Å². The molecular formula is C8H10F6N2O3. The normalized spacial score (nSPS) is 15.6. The van der Waals surface area contributed by atoms with Gasteiger partial charge in [0.25, 0.3) is 0 Å². The predicted octanol–water partition coefficient (Wildman–Crippen LogP) is 1.60. The molecule has 0 saturated carbocycles. The first kappa shape index (κ1) is 17.3. The molecule has 5 nitrogen and oxygen atoms in total. The number of hydrogen-bond donors (Lipinski definition) is 2. The largest absolute Gasteiger partial charge is 0.479 e. The van der Waals surface area contributed by atoms with Gasteiger partial charge in [0.05, 0.1) is 0 Å². The third kappa shape index (κ3) is 4.48. The summed E-state index contributed by atoms with van der Waals surface area (Å²) in [7, 11) is 0.585. The molecule has 2 amide bonds. The summed E-state index contributed by atoms with van der Waals surface area (Å²) in [6.07, 6.45) is -10.2. The zero-order chi connectivity index (χ0) is 15.6. The van der Waals surface area contributed by atoms with E-state index >= 15 is 0 Å². The number of halogens is 6. The van der Waals surface area contributed by atoms with Crippen molar-refractivity contribution in [2.24, 2.45) is 0 Å². The molecule has 11 heteroatoms. The van der Waals surface area contributed by atoms with Gasteiger partial charge in [0.1, 0.15) is 6.54 Å². The summed E-state index contributed by atoms with van der Waals surface area (Å²) in [6, 6.07) is -1.81. The number of alkyl halides is 6. The summed E-state index contributed by atoms with van der Waals surface area (Å²) in [6.45, 7) is -1.68. The molecule has 19 heavy (non-hydrogen) atoms. The van der Waals surface area contributed by atoms with Crippen LogP contribution in [0.1, 0.15) is 6.92 Å². The Kier molecular flexibility index (Phi) is 4.68. The number of rotatable bonds is 3. The standard InChI is InChI=1S/C8H10F6N2O3/c1-6(4(17)18,8(12,13)14)15-5(19)16(2)3-7(9,10)11/h3H2,1-2H3,(H,15,19)(H,17,18). The van der Waals surface area contributed by atoms with Gasteiger partial charge < -0.3 is 15.3 Å². The molecule has 1 atom stereocenters. The summed E-state index contributed by atoms with van der Waals surface area (Å²) in [5.41, 5.74) is -3.68. The van der Waals surface area contributed by atoms with Gasteiger partial charge in [-0.15, -0.1) is 0 Å². The molecule has 0 aliphatic carbocycles. The van der Waals surface area contributed by atoms with Crippen molar-refractivity contribution in [3.63, 3.8) is 0 Å². The minimum absolute atomic E-state index is 0.104. The van der Waals surface area contributed by atoms with E-state index in [1.807, 2.05) is 0 Å². The topological polar surface area (TPSA) is 69.6 Å². The molecule has 0 radical (unpaired) electrons. The highest BCUT2D eigenvalue weighted by Gasteiger charge is 2.58. The monoisotopic (exact) mass is 296 g/mol. The number of nitrogens with one attached hydrogen (secondary N) is 1. The van der Waals surface area contributed by atoms with Crippen molar-refractivity contribution in [3.8, 4) is 0 Å². The van der Waals surface area contributed by atoms with E-state index in [-0.39, 0.29) is 11.8 Å². The number of urea groups is 1.